The number of hydrogen-bond acceptors (Lipinski definition) is 6. The first-order valence-corrected chi connectivity index (χ1v) is 9.80. The maximum Gasteiger partial charge on any atom is 0.368 e. The van der Waals surface area contributed by atoms with Gasteiger partial charge < -0.3 is 9.47 Å². The maximum atomic E-state index is 12.4. The number of tetrazole rings is 1. The van der Waals surface area contributed by atoms with Gasteiger partial charge in [0.05, 0.1) is 24.1 Å². The fourth-order valence-corrected chi connectivity index (χ4v) is 3.45. The Kier molecular flexibility index (Phi) is 5.53. The molecule has 0 aliphatic heterocycles. The van der Waals surface area contributed by atoms with Crippen LogP contribution in [0.3, 0.4) is 0 Å². The molecule has 31 heavy (non-hydrogen) atoms. The summed E-state index contributed by atoms with van der Waals surface area (Å²) < 4.78 is 14.1. The number of pyridine rings is 1. The van der Waals surface area contributed by atoms with Crippen molar-refractivity contribution in [3.05, 3.63) is 81.9 Å². The van der Waals surface area contributed by atoms with Crippen LogP contribution in [0, 0.1) is 13.8 Å². The van der Waals surface area contributed by atoms with Gasteiger partial charge in [0.25, 0.3) is 0 Å². The van der Waals surface area contributed by atoms with Gasteiger partial charge in [-0.1, -0.05) is 12.1 Å². The van der Waals surface area contributed by atoms with Crippen LogP contribution in [0.15, 0.2) is 59.5 Å². The molecule has 0 radical (unpaired) electrons. The normalized spacial score (nSPS) is 10.8. The lowest BCUT2D eigenvalue weighted by molar-refractivity contribution is 0.294. The average Bonchev–Trinajstić information content (AvgIpc) is 3.12. The van der Waals surface area contributed by atoms with Crippen LogP contribution in [0.5, 0.6) is 11.5 Å². The van der Waals surface area contributed by atoms with Gasteiger partial charge >= 0.3 is 5.69 Å². The topological polar surface area (TPSA) is 84.1 Å². The van der Waals surface area contributed by atoms with Crippen molar-refractivity contribution in [3.63, 3.8) is 0 Å². The van der Waals surface area contributed by atoms with Gasteiger partial charge in [-0.2, -0.15) is 9.36 Å². The molecule has 0 unspecified atom stereocenters. The van der Waals surface area contributed by atoms with E-state index >= 15 is 0 Å². The van der Waals surface area contributed by atoms with Crippen LogP contribution in [0.4, 0.5) is 0 Å². The molecule has 8 nitrogen and oxygen atoms in total. The third-order valence-electron chi connectivity index (χ3n) is 5.11. The standard InChI is InChI=1S/C23H23N5O3/c1-15-13-22(16(2)12-17(15)19-8-5-6-11-24-19)31-14-18-20(9-7-10-21(18)30-4)28-23(29)27(3)25-26-28/h5-13H,14H2,1-4H3. The number of benzene rings is 2. The van der Waals surface area contributed by atoms with E-state index in [1.54, 1.807) is 32.5 Å². The van der Waals surface area contributed by atoms with E-state index in [1.807, 2.05) is 44.2 Å². The number of aryl methyl sites for hydroxylation is 3. The smallest absolute Gasteiger partial charge is 0.368 e. The SMILES string of the molecule is COc1cccc(-n2nnn(C)c2=O)c1COc1cc(C)c(-c2ccccn2)cc1C. The lowest BCUT2D eigenvalue weighted by Gasteiger charge is -2.16. The number of aromatic nitrogens is 5. The van der Waals surface area contributed by atoms with Crippen molar-refractivity contribution in [3.8, 4) is 28.4 Å². The van der Waals surface area contributed by atoms with Crippen LogP contribution in [-0.4, -0.2) is 31.9 Å². The first kappa shape index (κ1) is 20.3. The van der Waals surface area contributed by atoms with Gasteiger partial charge in [-0.05, 0) is 71.8 Å². The van der Waals surface area contributed by atoms with Crippen LogP contribution in [-0.2, 0) is 13.7 Å². The second-order valence-corrected chi connectivity index (χ2v) is 7.19. The zero-order chi connectivity index (χ0) is 22.0. The predicted molar refractivity (Wildman–Crippen MR) is 117 cm³/mol. The molecule has 0 N–H and O–H groups in total. The molecule has 8 heteroatoms. The van der Waals surface area contributed by atoms with E-state index in [0.717, 1.165) is 28.1 Å². The molecule has 2 aromatic carbocycles. The number of nitrogens with zero attached hydrogens (tertiary/aromatic N) is 5. The van der Waals surface area contributed by atoms with Crippen molar-refractivity contribution < 1.29 is 9.47 Å². The van der Waals surface area contributed by atoms with Crippen LogP contribution in [0.25, 0.3) is 16.9 Å². The van der Waals surface area contributed by atoms with Crippen LogP contribution in [0.2, 0.25) is 0 Å². The maximum absolute atomic E-state index is 12.4. The van der Waals surface area contributed by atoms with Gasteiger partial charge in [-0.15, -0.1) is 0 Å². The van der Waals surface area contributed by atoms with Gasteiger partial charge in [0.1, 0.15) is 18.1 Å². The molecule has 0 bridgehead atoms. The molecule has 0 aliphatic rings. The van der Waals surface area contributed by atoms with E-state index < -0.39 is 0 Å². The molecule has 0 saturated carbocycles. The van der Waals surface area contributed by atoms with Crippen LogP contribution < -0.4 is 15.2 Å². The minimum absolute atomic E-state index is 0.200. The van der Waals surface area contributed by atoms with E-state index in [2.05, 4.69) is 21.5 Å². The summed E-state index contributed by atoms with van der Waals surface area (Å²) in [6.07, 6.45) is 1.78. The lowest BCUT2D eigenvalue weighted by atomic mass is 10.0. The monoisotopic (exact) mass is 417 g/mol. The highest BCUT2D eigenvalue weighted by atomic mass is 16.5. The molecule has 158 valence electrons. The van der Waals surface area contributed by atoms with E-state index in [9.17, 15) is 4.79 Å². The van der Waals surface area contributed by atoms with Crippen molar-refractivity contribution in [2.45, 2.75) is 20.5 Å². The van der Waals surface area contributed by atoms with E-state index in [1.165, 1.54) is 9.36 Å². The summed E-state index contributed by atoms with van der Waals surface area (Å²) in [4.78, 5) is 16.8. The molecule has 0 atom stereocenters. The zero-order valence-corrected chi connectivity index (χ0v) is 17.9. The minimum atomic E-state index is -0.346. The molecular formula is C23H23N5O3. The summed E-state index contributed by atoms with van der Waals surface area (Å²) in [6, 6.07) is 15.4. The van der Waals surface area contributed by atoms with Crippen molar-refractivity contribution in [2.24, 2.45) is 7.05 Å². The molecular weight excluding hydrogens is 394 g/mol. The molecule has 2 heterocycles. The van der Waals surface area contributed by atoms with Crippen molar-refractivity contribution in [2.75, 3.05) is 7.11 Å². The van der Waals surface area contributed by atoms with Gasteiger partial charge in [0.15, 0.2) is 0 Å². The zero-order valence-electron chi connectivity index (χ0n) is 17.9. The number of rotatable bonds is 6. The third-order valence-corrected chi connectivity index (χ3v) is 5.11. The average molecular weight is 417 g/mol. The van der Waals surface area contributed by atoms with Gasteiger partial charge in [-0.25, -0.2) is 4.79 Å². The first-order valence-electron chi connectivity index (χ1n) is 9.80. The Balaban J connectivity index is 1.68. The third kappa shape index (κ3) is 3.92. The summed E-state index contributed by atoms with van der Waals surface area (Å²) in [5.41, 5.74) is 4.96. The Morgan fingerprint density at radius 2 is 1.81 bits per heavy atom. The Morgan fingerprint density at radius 1 is 0.968 bits per heavy atom. The molecule has 0 saturated heterocycles. The Labute approximate surface area is 179 Å². The minimum Gasteiger partial charge on any atom is -0.496 e. The summed E-state index contributed by atoms with van der Waals surface area (Å²) in [5, 5.41) is 7.75. The molecule has 0 spiro atoms. The summed E-state index contributed by atoms with van der Waals surface area (Å²) >= 11 is 0. The highest BCUT2D eigenvalue weighted by Crippen LogP contribution is 2.31. The van der Waals surface area contributed by atoms with Gasteiger partial charge in [-0.3, -0.25) is 4.98 Å². The Bertz CT molecular complexity index is 1280. The molecule has 2 aromatic heterocycles. The number of methoxy groups -OCH3 is 1. The lowest BCUT2D eigenvalue weighted by Crippen LogP contribution is -2.23. The molecule has 0 amide bonds. The molecule has 0 aliphatic carbocycles. The molecule has 4 aromatic rings. The summed E-state index contributed by atoms with van der Waals surface area (Å²) in [6.45, 7) is 4.23. The van der Waals surface area contributed by atoms with Crippen LogP contribution in [0.1, 0.15) is 16.7 Å². The predicted octanol–water partition coefficient (Wildman–Crippen LogP) is 3.23. The number of hydrogen-bond donors (Lipinski definition) is 0. The quantitative estimate of drug-likeness (QED) is 0.479. The second-order valence-electron chi connectivity index (χ2n) is 7.19. The highest BCUT2D eigenvalue weighted by molar-refractivity contribution is 5.66. The van der Waals surface area contributed by atoms with Gasteiger partial charge in [0, 0.05) is 18.8 Å². The van der Waals surface area contributed by atoms with E-state index in [-0.39, 0.29) is 12.3 Å². The fourth-order valence-electron chi connectivity index (χ4n) is 3.45. The van der Waals surface area contributed by atoms with Crippen LogP contribution >= 0.6 is 0 Å². The van der Waals surface area contributed by atoms with Crippen molar-refractivity contribution >= 4 is 0 Å². The van der Waals surface area contributed by atoms with Crippen molar-refractivity contribution in [1.82, 2.24) is 24.8 Å². The second kappa shape index (κ2) is 8.43. The van der Waals surface area contributed by atoms with Gasteiger partial charge in [0.2, 0.25) is 0 Å². The summed E-state index contributed by atoms with van der Waals surface area (Å²) in [7, 11) is 3.14. The fraction of sp³-hybridized carbons (Fsp3) is 0.217. The molecule has 4 rings (SSSR count). The van der Waals surface area contributed by atoms with E-state index in [4.69, 9.17) is 9.47 Å². The first-order chi connectivity index (χ1) is 15.0. The van der Waals surface area contributed by atoms with E-state index in [0.29, 0.717) is 17.0 Å². The Morgan fingerprint density at radius 3 is 2.48 bits per heavy atom. The number of ether oxygens (including phenoxy) is 2. The largest absolute Gasteiger partial charge is 0.496 e. The molecule has 0 fully saturated rings. The Hall–Kier alpha value is -3.94. The van der Waals surface area contributed by atoms with Crippen molar-refractivity contribution in [1.29, 1.82) is 0 Å². The summed E-state index contributed by atoms with van der Waals surface area (Å²) in [5.74, 6) is 1.36. The highest BCUT2D eigenvalue weighted by Gasteiger charge is 2.17.